The Kier molecular flexibility index (Phi) is 2.34. The Morgan fingerprint density at radius 3 is 2.69 bits per heavy atom. The van der Waals surface area contributed by atoms with E-state index in [4.69, 9.17) is 11.5 Å². The maximum atomic E-state index is 5.66. The molecule has 0 spiro atoms. The Bertz CT molecular complexity index is 435. The molecular weight excluding hydrogens is 188 g/mol. The first kappa shape index (κ1) is 9.67. The molecule has 1 heterocycles. The highest BCUT2D eigenvalue weighted by Gasteiger charge is 2.03. The van der Waals surface area contributed by atoms with Crippen LogP contribution >= 0.6 is 12.4 Å². The first-order valence-corrected chi connectivity index (χ1v) is 3.66. The lowest BCUT2D eigenvalue weighted by Crippen LogP contribution is -1.91. The van der Waals surface area contributed by atoms with Crippen molar-refractivity contribution in [3.8, 4) is 0 Å². The lowest BCUT2D eigenvalue weighted by molar-refractivity contribution is 0.802. The van der Waals surface area contributed by atoms with Gasteiger partial charge in [-0.15, -0.1) is 12.4 Å². The smallest absolute Gasteiger partial charge is 0.153 e. The van der Waals surface area contributed by atoms with E-state index >= 15 is 0 Å². The van der Waals surface area contributed by atoms with Gasteiger partial charge in [0.05, 0.1) is 5.52 Å². The van der Waals surface area contributed by atoms with E-state index in [9.17, 15) is 0 Å². The molecule has 0 aliphatic carbocycles. The zero-order valence-corrected chi connectivity index (χ0v) is 8.01. The highest BCUT2D eigenvalue weighted by Crippen LogP contribution is 2.21. The van der Waals surface area contributed by atoms with Crippen molar-refractivity contribution < 1.29 is 0 Å². The Hall–Kier alpha value is -1.42. The van der Waals surface area contributed by atoms with Crippen LogP contribution in [0.2, 0.25) is 0 Å². The summed E-state index contributed by atoms with van der Waals surface area (Å²) in [5.41, 5.74) is 13.0. The zero-order valence-electron chi connectivity index (χ0n) is 7.19. The number of fused-ring (bicyclic) bond motifs is 1. The summed E-state index contributed by atoms with van der Waals surface area (Å²) in [4.78, 5) is 0. The van der Waals surface area contributed by atoms with Crippen LogP contribution in [0, 0.1) is 0 Å². The van der Waals surface area contributed by atoms with Crippen LogP contribution in [0.5, 0.6) is 0 Å². The minimum atomic E-state index is 0. The number of nitrogens with zero attached hydrogens (tertiary/aromatic N) is 2. The number of aromatic nitrogens is 2. The average Bonchev–Trinajstić information content (AvgIpc) is 2.28. The molecule has 2 aromatic rings. The quantitative estimate of drug-likeness (QED) is 0.625. The fourth-order valence-electron chi connectivity index (χ4n) is 1.31. The number of benzene rings is 1. The summed E-state index contributed by atoms with van der Waals surface area (Å²) in [5.74, 6) is 0.528. The first-order chi connectivity index (χ1) is 5.68. The summed E-state index contributed by atoms with van der Waals surface area (Å²) in [7, 11) is 1.86. The standard InChI is InChI=1S/C8H10N4.ClH/c1-12-7-3-2-5(9)4-6(7)8(10)11-12;/h2-4H,9H2,1H3,(H2,10,11);1H. The number of halogens is 1. The minimum Gasteiger partial charge on any atom is -0.399 e. The van der Waals surface area contributed by atoms with Crippen molar-refractivity contribution in [3.05, 3.63) is 18.2 Å². The van der Waals surface area contributed by atoms with Gasteiger partial charge in [-0.3, -0.25) is 4.68 Å². The van der Waals surface area contributed by atoms with Crippen molar-refractivity contribution in [3.63, 3.8) is 0 Å². The molecule has 0 amide bonds. The van der Waals surface area contributed by atoms with Gasteiger partial charge >= 0.3 is 0 Å². The molecule has 0 saturated carbocycles. The molecule has 0 aliphatic rings. The van der Waals surface area contributed by atoms with Gasteiger partial charge in [0.1, 0.15) is 0 Å². The summed E-state index contributed by atoms with van der Waals surface area (Å²) in [6, 6.07) is 5.58. The molecule has 2 rings (SSSR count). The second-order valence-electron chi connectivity index (χ2n) is 2.79. The Morgan fingerprint density at radius 2 is 2.00 bits per heavy atom. The molecule has 0 radical (unpaired) electrons. The summed E-state index contributed by atoms with van der Waals surface area (Å²) < 4.78 is 1.74. The number of nitrogen functional groups attached to an aromatic ring is 2. The third-order valence-electron chi connectivity index (χ3n) is 1.90. The molecule has 0 bridgehead atoms. The van der Waals surface area contributed by atoms with Gasteiger partial charge < -0.3 is 11.5 Å². The van der Waals surface area contributed by atoms with Gasteiger partial charge in [-0.05, 0) is 18.2 Å². The maximum absolute atomic E-state index is 5.66. The summed E-state index contributed by atoms with van der Waals surface area (Å²) in [6.45, 7) is 0. The van der Waals surface area contributed by atoms with Gasteiger partial charge in [0.2, 0.25) is 0 Å². The number of nitrogens with two attached hydrogens (primary N) is 2. The summed E-state index contributed by atoms with van der Waals surface area (Å²) in [5, 5.41) is 4.98. The number of rotatable bonds is 0. The number of anilines is 2. The lowest BCUT2D eigenvalue weighted by Gasteiger charge is -1.94. The molecule has 0 atom stereocenters. The number of aryl methyl sites for hydroxylation is 1. The predicted octanol–water partition coefficient (Wildman–Crippen LogP) is 1.16. The molecule has 4 N–H and O–H groups in total. The van der Waals surface area contributed by atoms with Crippen molar-refractivity contribution in [2.45, 2.75) is 0 Å². The van der Waals surface area contributed by atoms with E-state index in [0.29, 0.717) is 11.5 Å². The Morgan fingerprint density at radius 1 is 1.31 bits per heavy atom. The van der Waals surface area contributed by atoms with Gasteiger partial charge in [0, 0.05) is 18.1 Å². The van der Waals surface area contributed by atoms with E-state index in [1.54, 1.807) is 4.68 Å². The van der Waals surface area contributed by atoms with Crippen LogP contribution in [-0.2, 0) is 7.05 Å². The predicted molar refractivity (Wildman–Crippen MR) is 56.8 cm³/mol. The molecule has 13 heavy (non-hydrogen) atoms. The molecule has 4 nitrogen and oxygen atoms in total. The minimum absolute atomic E-state index is 0. The molecule has 1 aromatic carbocycles. The largest absolute Gasteiger partial charge is 0.399 e. The van der Waals surface area contributed by atoms with Crippen molar-refractivity contribution >= 4 is 34.8 Å². The Balaban J connectivity index is 0.000000845. The summed E-state index contributed by atoms with van der Waals surface area (Å²) >= 11 is 0. The second-order valence-corrected chi connectivity index (χ2v) is 2.79. The molecule has 5 heteroatoms. The van der Waals surface area contributed by atoms with E-state index in [1.165, 1.54) is 0 Å². The van der Waals surface area contributed by atoms with Crippen LogP contribution in [-0.4, -0.2) is 9.78 Å². The van der Waals surface area contributed by atoms with Crippen LogP contribution in [0.4, 0.5) is 11.5 Å². The topological polar surface area (TPSA) is 69.9 Å². The normalized spacial score (nSPS) is 9.92. The fourth-order valence-corrected chi connectivity index (χ4v) is 1.31. The van der Waals surface area contributed by atoms with E-state index in [1.807, 2.05) is 25.2 Å². The molecule has 70 valence electrons. The van der Waals surface area contributed by atoms with Gasteiger partial charge in [0.15, 0.2) is 5.82 Å². The highest BCUT2D eigenvalue weighted by atomic mass is 35.5. The molecular formula is C8H11ClN4. The number of hydrogen-bond acceptors (Lipinski definition) is 3. The van der Waals surface area contributed by atoms with Crippen molar-refractivity contribution in [1.82, 2.24) is 9.78 Å². The number of hydrogen-bond donors (Lipinski definition) is 2. The fraction of sp³-hybridized carbons (Fsp3) is 0.125. The third-order valence-corrected chi connectivity index (χ3v) is 1.90. The van der Waals surface area contributed by atoms with E-state index in [2.05, 4.69) is 5.10 Å². The van der Waals surface area contributed by atoms with Crippen LogP contribution in [0.1, 0.15) is 0 Å². The van der Waals surface area contributed by atoms with Crippen molar-refractivity contribution in [1.29, 1.82) is 0 Å². The van der Waals surface area contributed by atoms with Gasteiger partial charge in [-0.1, -0.05) is 0 Å². The van der Waals surface area contributed by atoms with Gasteiger partial charge in [0.25, 0.3) is 0 Å². The van der Waals surface area contributed by atoms with Crippen LogP contribution in [0.15, 0.2) is 18.2 Å². The molecule has 0 unspecified atom stereocenters. The second kappa shape index (κ2) is 3.14. The molecule has 0 saturated heterocycles. The van der Waals surface area contributed by atoms with Crippen LogP contribution in [0.3, 0.4) is 0 Å². The SMILES string of the molecule is Cl.Cn1nc(N)c2cc(N)ccc21. The maximum Gasteiger partial charge on any atom is 0.153 e. The van der Waals surface area contributed by atoms with Gasteiger partial charge in [-0.25, -0.2) is 0 Å². The van der Waals surface area contributed by atoms with Gasteiger partial charge in [-0.2, -0.15) is 5.10 Å². The van der Waals surface area contributed by atoms with Crippen molar-refractivity contribution in [2.24, 2.45) is 7.05 Å². The van der Waals surface area contributed by atoms with Crippen LogP contribution in [0.25, 0.3) is 10.9 Å². The van der Waals surface area contributed by atoms with E-state index in [-0.39, 0.29) is 12.4 Å². The molecule has 0 aliphatic heterocycles. The lowest BCUT2D eigenvalue weighted by atomic mass is 10.2. The van der Waals surface area contributed by atoms with E-state index in [0.717, 1.165) is 10.9 Å². The zero-order chi connectivity index (χ0) is 8.72. The molecule has 0 fully saturated rings. The summed E-state index contributed by atoms with van der Waals surface area (Å²) in [6.07, 6.45) is 0. The average molecular weight is 199 g/mol. The van der Waals surface area contributed by atoms with E-state index < -0.39 is 0 Å². The highest BCUT2D eigenvalue weighted by molar-refractivity contribution is 5.91. The molecule has 1 aromatic heterocycles. The van der Waals surface area contributed by atoms with Crippen molar-refractivity contribution in [2.75, 3.05) is 11.5 Å². The third kappa shape index (κ3) is 1.40. The van der Waals surface area contributed by atoms with Crippen LogP contribution < -0.4 is 11.5 Å². The monoisotopic (exact) mass is 198 g/mol. The first-order valence-electron chi connectivity index (χ1n) is 3.66. The Labute approximate surface area is 81.9 Å².